The van der Waals surface area contributed by atoms with Crippen LogP contribution in [-0.2, 0) is 0 Å². The molecule has 0 saturated carbocycles. The van der Waals surface area contributed by atoms with Crippen molar-refractivity contribution in [1.82, 2.24) is 0 Å². The zero-order valence-electron chi connectivity index (χ0n) is 19.4. The van der Waals surface area contributed by atoms with Gasteiger partial charge < -0.3 is 14.8 Å². The highest BCUT2D eigenvalue weighted by atomic mass is 16.5. The first-order chi connectivity index (χ1) is 16.2. The number of rotatable bonds is 6. The van der Waals surface area contributed by atoms with E-state index in [4.69, 9.17) is 9.47 Å². The van der Waals surface area contributed by atoms with Gasteiger partial charge in [0.1, 0.15) is 0 Å². The van der Waals surface area contributed by atoms with Crippen LogP contribution in [0.4, 0.5) is 11.4 Å². The molecule has 0 spiro atoms. The van der Waals surface area contributed by atoms with Gasteiger partial charge in [-0.2, -0.15) is 0 Å². The van der Waals surface area contributed by atoms with Crippen molar-refractivity contribution in [2.24, 2.45) is 10.9 Å². The van der Waals surface area contributed by atoms with Crippen LogP contribution in [0.3, 0.4) is 0 Å². The van der Waals surface area contributed by atoms with Crippen LogP contribution in [0.15, 0.2) is 77.8 Å². The molecule has 0 saturated heterocycles. The van der Waals surface area contributed by atoms with E-state index in [-0.39, 0.29) is 0 Å². The second-order valence-electron chi connectivity index (χ2n) is 8.76. The summed E-state index contributed by atoms with van der Waals surface area (Å²) in [5.74, 6) is 2.50. The first kappa shape index (κ1) is 21.3. The molecule has 2 aliphatic rings. The minimum Gasteiger partial charge on any atom is -0.493 e. The van der Waals surface area contributed by atoms with Gasteiger partial charge in [0.15, 0.2) is 11.5 Å². The minimum absolute atomic E-state index is 0.300. The second kappa shape index (κ2) is 9.14. The van der Waals surface area contributed by atoms with Crippen molar-refractivity contribution < 1.29 is 9.47 Å². The highest BCUT2D eigenvalue weighted by Gasteiger charge is 2.37. The summed E-state index contributed by atoms with van der Waals surface area (Å²) in [7, 11) is 1.65. The van der Waals surface area contributed by atoms with Crippen LogP contribution >= 0.6 is 0 Å². The Bertz CT molecular complexity index is 1200. The lowest BCUT2D eigenvalue weighted by Crippen LogP contribution is -2.29. The lowest BCUT2D eigenvalue weighted by Gasteiger charge is -2.37. The molecule has 1 N–H and O–H groups in total. The van der Waals surface area contributed by atoms with Crippen LogP contribution in [0.5, 0.6) is 11.5 Å². The number of anilines is 1. The molecule has 1 aliphatic carbocycles. The molecule has 3 aromatic carbocycles. The largest absolute Gasteiger partial charge is 0.493 e. The van der Waals surface area contributed by atoms with Gasteiger partial charge in [-0.05, 0) is 79.3 Å². The van der Waals surface area contributed by atoms with Gasteiger partial charge in [0, 0.05) is 17.8 Å². The maximum atomic E-state index is 5.67. The fraction of sp³-hybridized carbons (Fsp3) is 0.276. The number of hydrogen-bond acceptors (Lipinski definition) is 4. The van der Waals surface area contributed by atoms with E-state index in [0.717, 1.165) is 29.2 Å². The van der Waals surface area contributed by atoms with E-state index >= 15 is 0 Å². The lowest BCUT2D eigenvalue weighted by atomic mass is 9.76. The summed E-state index contributed by atoms with van der Waals surface area (Å²) in [6.07, 6.45) is 7.70. The molecule has 4 heteroatoms. The normalized spacial score (nSPS) is 20.9. The molecule has 0 unspecified atom stereocenters. The summed E-state index contributed by atoms with van der Waals surface area (Å²) in [5, 5.41) is 3.81. The highest BCUT2D eigenvalue weighted by Crippen LogP contribution is 2.50. The zero-order chi connectivity index (χ0) is 22.8. The number of ether oxygens (including phenoxy) is 2. The number of nitrogens with one attached hydrogen (secondary N) is 1. The highest BCUT2D eigenvalue weighted by molar-refractivity contribution is 5.83. The molecule has 5 rings (SSSR count). The van der Waals surface area contributed by atoms with E-state index in [9.17, 15) is 0 Å². The summed E-state index contributed by atoms with van der Waals surface area (Å²) >= 11 is 0. The average molecular weight is 439 g/mol. The molecule has 1 heterocycles. The van der Waals surface area contributed by atoms with Crippen LogP contribution in [-0.4, -0.2) is 19.9 Å². The molecule has 1 aliphatic heterocycles. The number of hydrogen-bond donors (Lipinski definition) is 1. The van der Waals surface area contributed by atoms with Crippen molar-refractivity contribution in [3.05, 3.63) is 95.1 Å². The van der Waals surface area contributed by atoms with Gasteiger partial charge in [0.25, 0.3) is 0 Å². The first-order valence-electron chi connectivity index (χ1n) is 11.6. The predicted octanol–water partition coefficient (Wildman–Crippen LogP) is 6.98. The third-order valence-corrected chi connectivity index (χ3v) is 6.62. The van der Waals surface area contributed by atoms with Gasteiger partial charge in [-0.3, -0.25) is 4.99 Å². The smallest absolute Gasteiger partial charge is 0.161 e. The van der Waals surface area contributed by atoms with Crippen molar-refractivity contribution in [2.45, 2.75) is 32.2 Å². The van der Waals surface area contributed by atoms with Gasteiger partial charge in [0.2, 0.25) is 0 Å². The summed E-state index contributed by atoms with van der Waals surface area (Å²) in [5.41, 5.74) is 7.22. The number of allylic oxidation sites excluding steroid dienone is 2. The van der Waals surface area contributed by atoms with E-state index < -0.39 is 0 Å². The number of fused-ring (bicyclic) bond motifs is 3. The SMILES string of the molecule is CCOc1cc(C=Nc2ccc([C@@H]3Nc4ccc(C)cc4[C@H]4C=CC[C@@H]43)cc2)ccc1OC. The Morgan fingerprint density at radius 1 is 1.03 bits per heavy atom. The lowest BCUT2D eigenvalue weighted by molar-refractivity contribution is 0.311. The summed E-state index contributed by atoms with van der Waals surface area (Å²) in [6, 6.07) is 21.5. The van der Waals surface area contributed by atoms with E-state index in [0.29, 0.717) is 24.5 Å². The standard InChI is InChI=1S/C29H30N2O2/c1-4-33-28-17-20(9-15-27(28)32-3)18-30-22-12-10-21(11-13-22)29-24-7-5-6-23(24)25-16-19(2)8-14-26(25)31-29/h5-6,8-18,23-24,29,31H,4,7H2,1-3H3/t23-,24-,29-/m0/s1. The first-order valence-corrected chi connectivity index (χ1v) is 11.6. The van der Waals surface area contributed by atoms with Crippen molar-refractivity contribution in [1.29, 1.82) is 0 Å². The number of aryl methyl sites for hydroxylation is 1. The molecule has 3 atom stereocenters. The van der Waals surface area contributed by atoms with E-state index in [2.05, 4.69) is 71.8 Å². The Balaban J connectivity index is 1.35. The Morgan fingerprint density at radius 3 is 2.67 bits per heavy atom. The molecular formula is C29H30N2O2. The van der Waals surface area contributed by atoms with Crippen LogP contribution in [0, 0.1) is 12.8 Å². The molecule has 0 amide bonds. The Hall–Kier alpha value is -3.53. The Labute approximate surface area is 196 Å². The van der Waals surface area contributed by atoms with Crippen LogP contribution < -0.4 is 14.8 Å². The molecule has 0 radical (unpaired) electrons. The van der Waals surface area contributed by atoms with Crippen molar-refractivity contribution >= 4 is 17.6 Å². The molecule has 0 fully saturated rings. The van der Waals surface area contributed by atoms with E-state index in [1.165, 1.54) is 22.4 Å². The van der Waals surface area contributed by atoms with Gasteiger partial charge in [-0.25, -0.2) is 0 Å². The van der Waals surface area contributed by atoms with Gasteiger partial charge >= 0.3 is 0 Å². The summed E-state index contributed by atoms with van der Waals surface area (Å²) in [6.45, 7) is 4.73. The topological polar surface area (TPSA) is 42.8 Å². The molecule has 168 valence electrons. The maximum Gasteiger partial charge on any atom is 0.161 e. The molecule has 0 bridgehead atoms. The fourth-order valence-corrected chi connectivity index (χ4v) is 5.00. The second-order valence-corrected chi connectivity index (χ2v) is 8.76. The third-order valence-electron chi connectivity index (χ3n) is 6.62. The van der Waals surface area contributed by atoms with E-state index in [1.54, 1.807) is 7.11 Å². The average Bonchev–Trinajstić information content (AvgIpc) is 3.34. The monoisotopic (exact) mass is 438 g/mol. The summed E-state index contributed by atoms with van der Waals surface area (Å²) < 4.78 is 11.0. The van der Waals surface area contributed by atoms with Gasteiger partial charge in [0.05, 0.1) is 25.4 Å². The number of methoxy groups -OCH3 is 1. The molecule has 33 heavy (non-hydrogen) atoms. The number of aliphatic imine (C=N–C) groups is 1. The molecular weight excluding hydrogens is 408 g/mol. The molecule has 0 aromatic heterocycles. The number of benzene rings is 3. The maximum absolute atomic E-state index is 5.67. The van der Waals surface area contributed by atoms with Gasteiger partial charge in [-0.1, -0.05) is 42.0 Å². The van der Waals surface area contributed by atoms with E-state index in [1.807, 2.05) is 31.3 Å². The third kappa shape index (κ3) is 4.25. The Morgan fingerprint density at radius 2 is 1.88 bits per heavy atom. The van der Waals surface area contributed by atoms with Crippen molar-refractivity contribution in [2.75, 3.05) is 19.0 Å². The van der Waals surface area contributed by atoms with Crippen LogP contribution in [0.25, 0.3) is 0 Å². The van der Waals surface area contributed by atoms with Crippen molar-refractivity contribution in [3.63, 3.8) is 0 Å². The van der Waals surface area contributed by atoms with Gasteiger partial charge in [-0.15, -0.1) is 0 Å². The molecule has 3 aromatic rings. The van der Waals surface area contributed by atoms with Crippen LogP contribution in [0.2, 0.25) is 0 Å². The zero-order valence-corrected chi connectivity index (χ0v) is 19.4. The van der Waals surface area contributed by atoms with Crippen LogP contribution in [0.1, 0.15) is 47.6 Å². The number of nitrogens with zero attached hydrogens (tertiary/aromatic N) is 1. The summed E-state index contributed by atoms with van der Waals surface area (Å²) in [4.78, 5) is 4.68. The fourth-order valence-electron chi connectivity index (χ4n) is 5.00. The predicted molar refractivity (Wildman–Crippen MR) is 135 cm³/mol. The minimum atomic E-state index is 0.300. The quantitative estimate of drug-likeness (QED) is 0.333. The van der Waals surface area contributed by atoms with Crippen molar-refractivity contribution in [3.8, 4) is 11.5 Å². The Kier molecular flexibility index (Phi) is 5.91. The molecule has 4 nitrogen and oxygen atoms in total.